The van der Waals surface area contributed by atoms with Crippen molar-refractivity contribution in [3.63, 3.8) is 0 Å². The number of halogens is 1. The molecule has 1 fully saturated rings. The van der Waals surface area contributed by atoms with E-state index in [9.17, 15) is 9.90 Å². The zero-order valence-electron chi connectivity index (χ0n) is 15.9. The smallest absolute Gasteiger partial charge is 0.326 e. The van der Waals surface area contributed by atoms with Crippen LogP contribution in [0.1, 0.15) is 24.1 Å². The fraction of sp³-hybridized carbons (Fsp3) is 0.150. The van der Waals surface area contributed by atoms with E-state index in [1.54, 1.807) is 41.1 Å². The number of H-pyrrole nitrogens is 2. The highest BCUT2D eigenvalue weighted by molar-refractivity contribution is 6.33. The van der Waals surface area contributed by atoms with Crippen LogP contribution in [0, 0.1) is 11.3 Å². The van der Waals surface area contributed by atoms with Crippen molar-refractivity contribution in [2.75, 3.05) is 5.32 Å². The number of nitriles is 1. The lowest BCUT2D eigenvalue weighted by atomic mass is 10.2. The zero-order valence-corrected chi connectivity index (χ0v) is 16.7. The summed E-state index contributed by atoms with van der Waals surface area (Å²) in [6, 6.07) is 9.00. The standard InChI is InChI=1S/C20H15ClN8O2/c21-13-5-10(8-22)1-4-14(13)25-16-7-17(24-12-2-3-12)29-18(27-16)11(9-23-29)6-15-19(30)28-20(31)26-15/h1,4-7,9,12,25,30H,2-3H2,(H2,26,28,31). The second-order valence-electron chi connectivity index (χ2n) is 7.11. The van der Waals surface area contributed by atoms with Gasteiger partial charge >= 0.3 is 5.69 Å². The van der Waals surface area contributed by atoms with E-state index in [1.807, 2.05) is 6.07 Å². The molecule has 5 rings (SSSR count). The van der Waals surface area contributed by atoms with Crippen molar-refractivity contribution < 1.29 is 5.11 Å². The van der Waals surface area contributed by atoms with E-state index in [0.29, 0.717) is 38.4 Å². The normalized spacial score (nSPS) is 14.8. The molecular formula is C20H15ClN8O2. The van der Waals surface area contributed by atoms with Gasteiger partial charge in [-0.3, -0.25) is 9.98 Å². The number of nitrogens with one attached hydrogen (secondary N) is 3. The predicted octanol–water partition coefficient (Wildman–Crippen LogP) is 1.33. The molecule has 0 saturated heterocycles. The van der Waals surface area contributed by atoms with Crippen molar-refractivity contribution in [3.05, 3.63) is 67.9 Å². The molecule has 10 nitrogen and oxygen atoms in total. The molecule has 0 aliphatic heterocycles. The second kappa shape index (κ2) is 7.30. The minimum absolute atomic E-state index is 0.218. The van der Waals surface area contributed by atoms with E-state index >= 15 is 0 Å². The predicted molar refractivity (Wildman–Crippen MR) is 113 cm³/mol. The Labute approximate surface area is 179 Å². The van der Waals surface area contributed by atoms with Gasteiger partial charge in [-0.15, -0.1) is 0 Å². The van der Waals surface area contributed by atoms with Crippen LogP contribution in [0.25, 0.3) is 11.7 Å². The van der Waals surface area contributed by atoms with Crippen LogP contribution in [-0.2, 0) is 0 Å². The highest BCUT2D eigenvalue weighted by atomic mass is 35.5. The van der Waals surface area contributed by atoms with Crippen molar-refractivity contribution in [3.8, 4) is 11.9 Å². The third kappa shape index (κ3) is 3.74. The van der Waals surface area contributed by atoms with Gasteiger partial charge in [0.25, 0.3) is 0 Å². The highest BCUT2D eigenvalue weighted by Gasteiger charge is 2.20. The average molecular weight is 435 g/mol. The number of rotatable bonds is 4. The summed E-state index contributed by atoms with van der Waals surface area (Å²) in [5, 5.41) is 27.4. The Morgan fingerprint density at radius 2 is 2.19 bits per heavy atom. The molecule has 3 heterocycles. The third-order valence-electron chi connectivity index (χ3n) is 4.74. The SMILES string of the molecule is N#Cc1ccc(Nc2cc(=NC3CC3)n3ncc(=Cc4[nH]c(=O)[nH]c4O)c3n2)c(Cl)c1. The Kier molecular flexibility index (Phi) is 4.45. The molecule has 0 radical (unpaired) electrons. The molecule has 31 heavy (non-hydrogen) atoms. The van der Waals surface area contributed by atoms with E-state index in [-0.39, 0.29) is 17.6 Å². The van der Waals surface area contributed by atoms with Crippen molar-refractivity contribution in [2.45, 2.75) is 18.9 Å². The van der Waals surface area contributed by atoms with E-state index in [1.165, 1.54) is 0 Å². The van der Waals surface area contributed by atoms with E-state index < -0.39 is 5.69 Å². The summed E-state index contributed by atoms with van der Waals surface area (Å²) in [4.78, 5) is 25.6. The summed E-state index contributed by atoms with van der Waals surface area (Å²) in [6.45, 7) is 0. The molecule has 4 N–H and O–H groups in total. The number of hydrogen-bond donors (Lipinski definition) is 4. The van der Waals surface area contributed by atoms with Crippen LogP contribution in [0.5, 0.6) is 5.88 Å². The molecule has 1 saturated carbocycles. The Hall–Kier alpha value is -4.10. The summed E-state index contributed by atoms with van der Waals surface area (Å²) in [6.07, 6.45) is 5.19. The molecule has 3 aromatic heterocycles. The molecular weight excluding hydrogens is 420 g/mol. The van der Waals surface area contributed by atoms with Gasteiger partial charge < -0.3 is 15.4 Å². The Morgan fingerprint density at radius 1 is 1.35 bits per heavy atom. The largest absolute Gasteiger partial charge is 0.493 e. The number of aromatic nitrogens is 5. The molecule has 1 aliphatic carbocycles. The lowest BCUT2D eigenvalue weighted by Crippen LogP contribution is -2.19. The monoisotopic (exact) mass is 434 g/mol. The van der Waals surface area contributed by atoms with Crippen molar-refractivity contribution >= 4 is 34.8 Å². The Balaban J connectivity index is 1.66. The van der Waals surface area contributed by atoms with Crippen LogP contribution >= 0.6 is 11.6 Å². The Bertz CT molecular complexity index is 1540. The molecule has 154 valence electrons. The first-order chi connectivity index (χ1) is 15.0. The summed E-state index contributed by atoms with van der Waals surface area (Å²) < 4.78 is 1.61. The molecule has 4 aromatic rings. The number of nitrogens with zero attached hydrogens (tertiary/aromatic N) is 5. The van der Waals surface area contributed by atoms with Gasteiger partial charge in [-0.2, -0.15) is 14.9 Å². The van der Waals surface area contributed by atoms with Crippen LogP contribution in [0.4, 0.5) is 11.5 Å². The molecule has 0 spiro atoms. The first-order valence-corrected chi connectivity index (χ1v) is 9.80. The second-order valence-corrected chi connectivity index (χ2v) is 7.52. The number of aromatic amines is 2. The molecule has 0 atom stereocenters. The maximum absolute atomic E-state index is 11.4. The first-order valence-electron chi connectivity index (χ1n) is 9.42. The van der Waals surface area contributed by atoms with Crippen LogP contribution in [-0.4, -0.2) is 35.7 Å². The molecule has 11 heteroatoms. The van der Waals surface area contributed by atoms with Gasteiger partial charge in [0.1, 0.15) is 11.5 Å². The van der Waals surface area contributed by atoms with Gasteiger partial charge in [0.05, 0.1) is 34.6 Å². The average Bonchev–Trinajstić information content (AvgIpc) is 3.38. The zero-order chi connectivity index (χ0) is 21.5. The number of fused-ring (bicyclic) bond motifs is 1. The van der Waals surface area contributed by atoms with Crippen molar-refractivity contribution in [1.82, 2.24) is 24.6 Å². The van der Waals surface area contributed by atoms with E-state index in [2.05, 4.69) is 25.4 Å². The summed E-state index contributed by atoms with van der Waals surface area (Å²) in [5.74, 6) is 0.214. The summed E-state index contributed by atoms with van der Waals surface area (Å²) in [7, 11) is 0. The van der Waals surface area contributed by atoms with Gasteiger partial charge in [-0.1, -0.05) is 11.6 Å². The maximum atomic E-state index is 11.4. The van der Waals surface area contributed by atoms with E-state index in [4.69, 9.17) is 21.9 Å². The fourth-order valence-corrected chi connectivity index (χ4v) is 3.31. The van der Waals surface area contributed by atoms with Gasteiger partial charge in [0.15, 0.2) is 11.1 Å². The number of anilines is 2. The molecule has 0 unspecified atom stereocenters. The lowest BCUT2D eigenvalue weighted by Gasteiger charge is -2.08. The summed E-state index contributed by atoms with van der Waals surface area (Å²) in [5.41, 5.74) is 1.84. The number of benzene rings is 1. The maximum Gasteiger partial charge on any atom is 0.326 e. The molecule has 0 amide bonds. The number of imidazole rings is 1. The van der Waals surface area contributed by atoms with Gasteiger partial charge in [0.2, 0.25) is 5.88 Å². The first kappa shape index (κ1) is 18.9. The van der Waals surface area contributed by atoms with E-state index in [0.717, 1.165) is 12.8 Å². The van der Waals surface area contributed by atoms with Crippen LogP contribution in [0.15, 0.2) is 40.2 Å². The van der Waals surface area contributed by atoms with Crippen molar-refractivity contribution in [1.29, 1.82) is 5.26 Å². The molecule has 0 bridgehead atoms. The number of hydrogen-bond acceptors (Lipinski definition) is 7. The molecule has 1 aromatic carbocycles. The lowest BCUT2D eigenvalue weighted by molar-refractivity contribution is 0.454. The Morgan fingerprint density at radius 3 is 2.87 bits per heavy atom. The van der Waals surface area contributed by atoms with Crippen LogP contribution in [0.2, 0.25) is 5.02 Å². The minimum atomic E-state index is -0.518. The molecule has 1 aliphatic rings. The van der Waals surface area contributed by atoms with Crippen LogP contribution in [0.3, 0.4) is 0 Å². The highest BCUT2D eigenvalue weighted by Crippen LogP contribution is 2.26. The van der Waals surface area contributed by atoms with Crippen LogP contribution < -0.4 is 21.7 Å². The van der Waals surface area contributed by atoms with Crippen molar-refractivity contribution in [2.24, 2.45) is 4.99 Å². The van der Waals surface area contributed by atoms with Gasteiger partial charge in [-0.25, -0.2) is 9.78 Å². The fourth-order valence-electron chi connectivity index (χ4n) is 3.08. The topological polar surface area (TPSA) is 147 Å². The third-order valence-corrected chi connectivity index (χ3v) is 5.05. The number of aromatic hydroxyl groups is 1. The minimum Gasteiger partial charge on any atom is -0.493 e. The van der Waals surface area contributed by atoms with Gasteiger partial charge in [-0.05, 0) is 37.1 Å². The summed E-state index contributed by atoms with van der Waals surface area (Å²) >= 11 is 6.29. The van der Waals surface area contributed by atoms with Gasteiger partial charge in [0, 0.05) is 11.3 Å². The quantitative estimate of drug-likeness (QED) is 0.381.